The summed E-state index contributed by atoms with van der Waals surface area (Å²) in [5.41, 5.74) is 6.35. The van der Waals surface area contributed by atoms with Gasteiger partial charge in [-0.05, 0) is 0 Å². The SMILES string of the molecule is C=C(C)C(C(=O)OCCI)N1C(=O)C(N)C1[S][Hg]. The zero-order valence-corrected chi connectivity index (χ0v) is 18.6. The molecule has 2 N–H and O–H groups in total. The van der Waals surface area contributed by atoms with Crippen LogP contribution in [-0.4, -0.2) is 45.3 Å². The predicted molar refractivity (Wildman–Crippen MR) is 74.6 cm³/mol. The first kappa shape index (κ1) is 16.7. The second-order valence-electron chi connectivity index (χ2n) is 3.93. The average Bonchev–Trinajstić information content (AvgIpc) is 2.34. The van der Waals surface area contributed by atoms with E-state index in [1.807, 2.05) is 0 Å². The first-order valence-electron chi connectivity index (χ1n) is 5.32. The van der Waals surface area contributed by atoms with Gasteiger partial charge in [-0.3, -0.25) is 0 Å². The van der Waals surface area contributed by atoms with Crippen molar-refractivity contribution in [3.05, 3.63) is 12.2 Å². The molecule has 0 aromatic carbocycles. The van der Waals surface area contributed by atoms with E-state index in [-0.39, 0.29) is 11.3 Å². The molecule has 8 heteroatoms. The minimum atomic E-state index is -0.693. The molecule has 0 bridgehead atoms. The molecule has 0 aromatic rings. The van der Waals surface area contributed by atoms with E-state index in [9.17, 15) is 9.59 Å². The van der Waals surface area contributed by atoms with Gasteiger partial charge in [-0.1, -0.05) is 0 Å². The molecule has 1 aliphatic heterocycles. The van der Waals surface area contributed by atoms with Crippen LogP contribution in [0.5, 0.6) is 0 Å². The van der Waals surface area contributed by atoms with Gasteiger partial charge in [0.25, 0.3) is 0 Å². The summed E-state index contributed by atoms with van der Waals surface area (Å²) >= 11 is 2.57. The van der Waals surface area contributed by atoms with E-state index in [4.69, 9.17) is 10.5 Å². The number of likely N-dealkylation sites (tertiary alicyclic amines) is 1. The summed E-state index contributed by atoms with van der Waals surface area (Å²) < 4.78 is 5.84. The fraction of sp³-hybridized carbons (Fsp3) is 0.600. The Bertz CT molecular complexity index is 369. The summed E-state index contributed by atoms with van der Waals surface area (Å²) in [7, 11) is 1.64. The first-order chi connectivity index (χ1) is 8.45. The number of carbonyl (C=O) groups excluding carboxylic acids is 2. The Morgan fingerprint density at radius 1 is 1.78 bits per heavy atom. The van der Waals surface area contributed by atoms with Crippen molar-refractivity contribution in [2.75, 3.05) is 11.0 Å². The van der Waals surface area contributed by atoms with Crippen LogP contribution in [0, 0.1) is 0 Å². The Morgan fingerprint density at radius 2 is 2.39 bits per heavy atom. The summed E-state index contributed by atoms with van der Waals surface area (Å²) in [6.45, 7) is 5.86. The van der Waals surface area contributed by atoms with Crippen molar-refractivity contribution in [3.8, 4) is 0 Å². The molecule has 1 aliphatic rings. The van der Waals surface area contributed by atoms with Crippen molar-refractivity contribution >= 4 is 42.7 Å². The number of nitrogens with zero attached hydrogens (tertiary/aromatic N) is 1. The summed E-state index contributed by atoms with van der Waals surface area (Å²) in [6, 6.07) is -1.19. The van der Waals surface area contributed by atoms with Crippen LogP contribution in [0.25, 0.3) is 0 Å². The number of halogens is 1. The number of nitrogens with two attached hydrogens (primary N) is 1. The standard InChI is InChI=1S/C10H15IN2O3S.Hg/c1-5(2)7(10(15)16-4-3-11)13-8(14)6(12)9(13)17;/h6-7,9,17H,1,3-4,12H2,2H3;/q;+1/p-1. The van der Waals surface area contributed by atoms with Crippen LogP contribution in [0.1, 0.15) is 6.92 Å². The van der Waals surface area contributed by atoms with Crippen molar-refractivity contribution in [2.24, 2.45) is 5.73 Å². The molecule has 0 radical (unpaired) electrons. The molecular weight excluding hydrogens is 556 g/mol. The van der Waals surface area contributed by atoms with E-state index in [0.29, 0.717) is 36.8 Å². The van der Waals surface area contributed by atoms with E-state index >= 15 is 0 Å². The molecule has 0 spiro atoms. The molecule has 3 atom stereocenters. The predicted octanol–water partition coefficient (Wildman–Crippen LogP) is 0.600. The van der Waals surface area contributed by atoms with Gasteiger partial charge in [-0.25, -0.2) is 0 Å². The fourth-order valence-electron chi connectivity index (χ4n) is 1.74. The molecule has 18 heavy (non-hydrogen) atoms. The average molecular weight is 570 g/mol. The second-order valence-corrected chi connectivity index (χ2v) is 9.72. The Hall–Kier alpha value is 0.655. The second kappa shape index (κ2) is 7.44. The normalized spacial score (nSPS) is 24.5. The van der Waals surface area contributed by atoms with E-state index in [1.54, 1.807) is 15.2 Å². The van der Waals surface area contributed by atoms with Gasteiger partial charge < -0.3 is 0 Å². The first-order valence-corrected chi connectivity index (χ1v) is 14.6. The summed E-state index contributed by atoms with van der Waals surface area (Å²) in [5.74, 6) is -0.607. The van der Waals surface area contributed by atoms with Gasteiger partial charge in [0.2, 0.25) is 0 Å². The Labute approximate surface area is 138 Å². The number of alkyl halides is 1. The summed E-state index contributed by atoms with van der Waals surface area (Å²) in [4.78, 5) is 25.3. The number of β-lactam (4-membered cyclic amide) rings is 1. The molecule has 97 valence electrons. The molecule has 0 aliphatic carbocycles. The molecule has 1 saturated heterocycles. The molecule has 5 nitrogen and oxygen atoms in total. The zero-order chi connectivity index (χ0) is 13.9. The van der Waals surface area contributed by atoms with Gasteiger partial charge in [0.15, 0.2) is 0 Å². The van der Waals surface area contributed by atoms with Crippen LogP contribution >= 0.6 is 30.8 Å². The topological polar surface area (TPSA) is 72.6 Å². The van der Waals surface area contributed by atoms with E-state index < -0.39 is 18.1 Å². The van der Waals surface area contributed by atoms with Crippen LogP contribution < -0.4 is 5.73 Å². The number of ether oxygens (including phenoxy) is 1. The number of hydrogen-bond acceptors (Lipinski definition) is 5. The van der Waals surface area contributed by atoms with Crippen molar-refractivity contribution in [2.45, 2.75) is 24.4 Å². The van der Waals surface area contributed by atoms with Gasteiger partial charge in [-0.15, -0.1) is 0 Å². The zero-order valence-electron chi connectivity index (χ0n) is 10.1. The number of amides is 1. The van der Waals surface area contributed by atoms with Gasteiger partial charge >= 0.3 is 140 Å². The molecule has 1 heterocycles. The quantitative estimate of drug-likeness (QED) is 0.127. The molecule has 1 amide bonds. The van der Waals surface area contributed by atoms with Crippen LogP contribution in [0.4, 0.5) is 0 Å². The third kappa shape index (κ3) is 3.40. The maximum absolute atomic E-state index is 12.0. The van der Waals surface area contributed by atoms with E-state index in [1.165, 1.54) is 4.90 Å². The Kier molecular flexibility index (Phi) is 6.91. The molecule has 3 unspecified atom stereocenters. The molecule has 0 saturated carbocycles. The monoisotopic (exact) mass is 571 g/mol. The van der Waals surface area contributed by atoms with Gasteiger partial charge in [0.1, 0.15) is 0 Å². The third-order valence-corrected chi connectivity index (χ3v) is 7.87. The third-order valence-electron chi connectivity index (χ3n) is 2.58. The Balaban J connectivity index is 2.82. The summed E-state index contributed by atoms with van der Waals surface area (Å²) in [5, 5.41) is -0.102. The number of esters is 1. The molecule has 1 fully saturated rings. The molecule has 0 aromatic heterocycles. The van der Waals surface area contributed by atoms with Gasteiger partial charge in [-0.2, -0.15) is 0 Å². The van der Waals surface area contributed by atoms with Crippen LogP contribution in [0.3, 0.4) is 0 Å². The minimum absolute atomic E-state index is 0.102. The van der Waals surface area contributed by atoms with Gasteiger partial charge in [0.05, 0.1) is 0 Å². The van der Waals surface area contributed by atoms with Crippen molar-refractivity contribution in [1.82, 2.24) is 4.90 Å². The summed E-state index contributed by atoms with van der Waals surface area (Å²) in [6.07, 6.45) is 0. The van der Waals surface area contributed by atoms with E-state index in [0.717, 1.165) is 4.43 Å². The van der Waals surface area contributed by atoms with Gasteiger partial charge in [0, 0.05) is 0 Å². The number of carbonyl (C=O) groups is 2. The number of hydrogen-bond donors (Lipinski definition) is 1. The van der Waals surface area contributed by atoms with Crippen LogP contribution in [0.2, 0.25) is 0 Å². The molecular formula is C10H14HgIN2O3S. The van der Waals surface area contributed by atoms with Crippen molar-refractivity contribution in [3.63, 3.8) is 0 Å². The molecule has 1 rings (SSSR count). The van der Waals surface area contributed by atoms with E-state index in [2.05, 4.69) is 29.2 Å². The van der Waals surface area contributed by atoms with Crippen molar-refractivity contribution < 1.29 is 38.9 Å². The van der Waals surface area contributed by atoms with Crippen molar-refractivity contribution in [1.29, 1.82) is 0 Å². The maximum atomic E-state index is 12.0. The van der Waals surface area contributed by atoms with Crippen LogP contribution in [0.15, 0.2) is 12.2 Å². The van der Waals surface area contributed by atoms with Crippen LogP contribution in [-0.2, 0) is 38.9 Å². The fourth-order valence-corrected chi connectivity index (χ4v) is 6.96. The Morgan fingerprint density at radius 3 is 2.83 bits per heavy atom. The number of rotatable bonds is 6.